The lowest BCUT2D eigenvalue weighted by atomic mass is 10.1. The van der Waals surface area contributed by atoms with Crippen molar-refractivity contribution in [2.45, 2.75) is 20.0 Å². The van der Waals surface area contributed by atoms with E-state index >= 15 is 0 Å². The number of rotatable bonds is 5. The Hall–Kier alpha value is -2.16. The Balaban J connectivity index is 2.01. The SMILES string of the molecule is CCC(=O)c1ccc(OCc2ccccc2F)cc1. The summed E-state index contributed by atoms with van der Waals surface area (Å²) in [7, 11) is 0. The molecule has 0 aliphatic heterocycles. The van der Waals surface area contributed by atoms with E-state index in [9.17, 15) is 9.18 Å². The summed E-state index contributed by atoms with van der Waals surface area (Å²) in [6, 6.07) is 13.4. The fourth-order valence-corrected chi connectivity index (χ4v) is 1.72. The van der Waals surface area contributed by atoms with E-state index in [0.717, 1.165) is 0 Å². The van der Waals surface area contributed by atoms with Gasteiger partial charge < -0.3 is 4.74 Å². The van der Waals surface area contributed by atoms with Crippen LogP contribution in [0.2, 0.25) is 0 Å². The third-order valence-electron chi connectivity index (χ3n) is 2.85. The molecule has 0 N–H and O–H groups in total. The molecule has 0 atom stereocenters. The average Bonchev–Trinajstić information content (AvgIpc) is 2.46. The molecule has 0 bridgehead atoms. The molecule has 98 valence electrons. The maximum Gasteiger partial charge on any atom is 0.162 e. The predicted molar refractivity (Wildman–Crippen MR) is 71.8 cm³/mol. The molecule has 0 radical (unpaired) electrons. The van der Waals surface area contributed by atoms with Crippen molar-refractivity contribution in [1.29, 1.82) is 0 Å². The number of ether oxygens (including phenoxy) is 1. The molecule has 3 heteroatoms. The molecule has 2 aromatic rings. The average molecular weight is 258 g/mol. The highest BCUT2D eigenvalue weighted by Gasteiger charge is 2.04. The van der Waals surface area contributed by atoms with Crippen LogP contribution < -0.4 is 4.74 Å². The molecule has 2 nitrogen and oxygen atoms in total. The summed E-state index contributed by atoms with van der Waals surface area (Å²) < 4.78 is 18.9. The van der Waals surface area contributed by atoms with E-state index in [1.54, 1.807) is 42.5 Å². The minimum atomic E-state index is -0.278. The molecule has 0 aromatic heterocycles. The van der Waals surface area contributed by atoms with Gasteiger partial charge in [-0.25, -0.2) is 4.39 Å². The fourth-order valence-electron chi connectivity index (χ4n) is 1.72. The molecule has 0 spiro atoms. The minimum Gasteiger partial charge on any atom is -0.489 e. The van der Waals surface area contributed by atoms with E-state index in [1.165, 1.54) is 6.07 Å². The molecule has 0 fully saturated rings. The van der Waals surface area contributed by atoms with Crippen molar-refractivity contribution in [2.75, 3.05) is 0 Å². The summed E-state index contributed by atoms with van der Waals surface area (Å²) in [5.74, 6) is 0.442. The summed E-state index contributed by atoms with van der Waals surface area (Å²) in [5.41, 5.74) is 1.18. The van der Waals surface area contributed by atoms with Gasteiger partial charge in [0.05, 0.1) is 0 Å². The van der Waals surface area contributed by atoms with Crippen molar-refractivity contribution < 1.29 is 13.9 Å². The molecule has 0 unspecified atom stereocenters. The van der Waals surface area contributed by atoms with E-state index in [1.807, 2.05) is 6.92 Å². The van der Waals surface area contributed by atoms with E-state index in [-0.39, 0.29) is 18.2 Å². The van der Waals surface area contributed by atoms with Gasteiger partial charge in [0.15, 0.2) is 5.78 Å². The molecule has 2 rings (SSSR count). The molecular formula is C16H15FO2. The Labute approximate surface area is 111 Å². The lowest BCUT2D eigenvalue weighted by Crippen LogP contribution is -1.99. The van der Waals surface area contributed by atoms with Gasteiger partial charge >= 0.3 is 0 Å². The van der Waals surface area contributed by atoms with Crippen LogP contribution in [0.25, 0.3) is 0 Å². The molecule has 0 aliphatic carbocycles. The number of carbonyl (C=O) groups is 1. The molecule has 0 aliphatic rings. The van der Waals surface area contributed by atoms with E-state index in [0.29, 0.717) is 23.3 Å². The van der Waals surface area contributed by atoms with Crippen LogP contribution in [0.5, 0.6) is 5.75 Å². The number of ketones is 1. The number of carbonyl (C=O) groups excluding carboxylic acids is 1. The van der Waals surface area contributed by atoms with Crippen LogP contribution in [0.3, 0.4) is 0 Å². The third kappa shape index (κ3) is 3.41. The van der Waals surface area contributed by atoms with Crippen molar-refractivity contribution in [2.24, 2.45) is 0 Å². The summed E-state index contributed by atoms with van der Waals surface area (Å²) in [6.07, 6.45) is 0.482. The Morgan fingerprint density at radius 2 is 1.79 bits per heavy atom. The third-order valence-corrected chi connectivity index (χ3v) is 2.85. The first kappa shape index (κ1) is 13.3. The van der Waals surface area contributed by atoms with Gasteiger partial charge in [0.1, 0.15) is 18.2 Å². The molecule has 0 heterocycles. The zero-order valence-corrected chi connectivity index (χ0v) is 10.7. The van der Waals surface area contributed by atoms with Crippen molar-refractivity contribution in [3.05, 3.63) is 65.5 Å². The standard InChI is InChI=1S/C16H15FO2/c1-2-16(18)12-7-9-14(10-8-12)19-11-13-5-3-4-6-15(13)17/h3-10H,2,11H2,1H3. The molecular weight excluding hydrogens is 243 g/mol. The highest BCUT2D eigenvalue weighted by atomic mass is 19.1. The van der Waals surface area contributed by atoms with Crippen molar-refractivity contribution >= 4 is 5.78 Å². The van der Waals surface area contributed by atoms with Gasteiger partial charge in [-0.1, -0.05) is 25.1 Å². The maximum absolute atomic E-state index is 13.4. The Morgan fingerprint density at radius 1 is 1.11 bits per heavy atom. The quantitative estimate of drug-likeness (QED) is 0.758. The van der Waals surface area contributed by atoms with Gasteiger partial charge in [-0.3, -0.25) is 4.79 Å². The number of Topliss-reactive ketones (excluding diaryl/α,β-unsaturated/α-hetero) is 1. The monoisotopic (exact) mass is 258 g/mol. The van der Waals surface area contributed by atoms with Crippen LogP contribution in [0.1, 0.15) is 29.3 Å². The second-order valence-corrected chi connectivity index (χ2v) is 4.18. The lowest BCUT2D eigenvalue weighted by Gasteiger charge is -2.07. The second-order valence-electron chi connectivity index (χ2n) is 4.18. The van der Waals surface area contributed by atoms with E-state index < -0.39 is 0 Å². The lowest BCUT2D eigenvalue weighted by molar-refractivity contribution is 0.0988. The van der Waals surface area contributed by atoms with E-state index in [4.69, 9.17) is 4.74 Å². The minimum absolute atomic E-state index is 0.0978. The van der Waals surface area contributed by atoms with E-state index in [2.05, 4.69) is 0 Å². The number of hydrogen-bond donors (Lipinski definition) is 0. The number of hydrogen-bond acceptors (Lipinski definition) is 2. The zero-order valence-electron chi connectivity index (χ0n) is 10.7. The largest absolute Gasteiger partial charge is 0.489 e. The molecule has 0 saturated carbocycles. The fraction of sp³-hybridized carbons (Fsp3) is 0.188. The van der Waals surface area contributed by atoms with Crippen molar-refractivity contribution in [1.82, 2.24) is 0 Å². The highest BCUT2D eigenvalue weighted by Crippen LogP contribution is 2.16. The molecule has 2 aromatic carbocycles. The van der Waals surface area contributed by atoms with Crippen LogP contribution in [0.15, 0.2) is 48.5 Å². The predicted octanol–water partition coefficient (Wildman–Crippen LogP) is 4.00. The molecule has 0 amide bonds. The summed E-state index contributed by atoms with van der Waals surface area (Å²) >= 11 is 0. The van der Waals surface area contributed by atoms with Gasteiger partial charge in [-0.2, -0.15) is 0 Å². The Bertz CT molecular complexity index is 561. The van der Waals surface area contributed by atoms with Crippen LogP contribution in [-0.4, -0.2) is 5.78 Å². The maximum atomic E-state index is 13.4. The van der Waals surface area contributed by atoms with Gasteiger partial charge in [-0.05, 0) is 30.3 Å². The van der Waals surface area contributed by atoms with Crippen molar-refractivity contribution in [3.8, 4) is 5.75 Å². The Morgan fingerprint density at radius 3 is 2.42 bits per heavy atom. The highest BCUT2D eigenvalue weighted by molar-refractivity contribution is 5.95. The van der Waals surface area contributed by atoms with Gasteiger partial charge in [0.2, 0.25) is 0 Å². The first-order valence-corrected chi connectivity index (χ1v) is 6.20. The van der Waals surface area contributed by atoms with Gasteiger partial charge in [0.25, 0.3) is 0 Å². The van der Waals surface area contributed by atoms with Crippen LogP contribution in [-0.2, 0) is 6.61 Å². The number of benzene rings is 2. The van der Waals surface area contributed by atoms with Gasteiger partial charge in [-0.15, -0.1) is 0 Å². The number of halogens is 1. The smallest absolute Gasteiger partial charge is 0.162 e. The topological polar surface area (TPSA) is 26.3 Å². The van der Waals surface area contributed by atoms with Crippen molar-refractivity contribution in [3.63, 3.8) is 0 Å². The molecule has 0 saturated heterocycles. The second kappa shape index (κ2) is 6.14. The normalized spacial score (nSPS) is 10.2. The summed E-state index contributed by atoms with van der Waals surface area (Å²) in [4.78, 5) is 11.5. The van der Waals surface area contributed by atoms with Crippen LogP contribution in [0.4, 0.5) is 4.39 Å². The zero-order chi connectivity index (χ0) is 13.7. The van der Waals surface area contributed by atoms with Crippen LogP contribution >= 0.6 is 0 Å². The first-order valence-electron chi connectivity index (χ1n) is 6.20. The van der Waals surface area contributed by atoms with Crippen LogP contribution in [0, 0.1) is 5.82 Å². The summed E-state index contributed by atoms with van der Waals surface area (Å²) in [6.45, 7) is 2.00. The Kier molecular flexibility index (Phi) is 4.29. The van der Waals surface area contributed by atoms with Gasteiger partial charge in [0, 0.05) is 17.5 Å². The summed E-state index contributed by atoms with van der Waals surface area (Å²) in [5, 5.41) is 0. The molecule has 19 heavy (non-hydrogen) atoms. The first-order chi connectivity index (χ1) is 9.20.